The summed E-state index contributed by atoms with van der Waals surface area (Å²) < 4.78 is 10.8. The molecule has 2 unspecified atom stereocenters. The van der Waals surface area contributed by atoms with Crippen molar-refractivity contribution in [2.24, 2.45) is 11.8 Å². The van der Waals surface area contributed by atoms with Crippen LogP contribution in [0.5, 0.6) is 11.5 Å². The molecule has 1 aromatic heterocycles. The minimum atomic E-state index is -0.0534. The smallest absolute Gasteiger partial charge is 0.257 e. The van der Waals surface area contributed by atoms with E-state index in [1.54, 1.807) is 32.5 Å². The van der Waals surface area contributed by atoms with E-state index in [0.29, 0.717) is 52.6 Å². The number of ether oxygens (including phenoxy) is 2. The van der Waals surface area contributed by atoms with Crippen molar-refractivity contribution >= 4 is 11.9 Å². The van der Waals surface area contributed by atoms with E-state index in [2.05, 4.69) is 24.9 Å². The maximum absolute atomic E-state index is 13.7. The van der Waals surface area contributed by atoms with Crippen LogP contribution in [0.15, 0.2) is 48.7 Å². The zero-order chi connectivity index (χ0) is 27.2. The van der Waals surface area contributed by atoms with Gasteiger partial charge in [0.2, 0.25) is 5.95 Å². The van der Waals surface area contributed by atoms with E-state index in [1.165, 1.54) is 0 Å². The number of rotatable bonds is 8. The molecule has 2 atom stereocenters. The van der Waals surface area contributed by atoms with E-state index in [-0.39, 0.29) is 5.91 Å². The summed E-state index contributed by atoms with van der Waals surface area (Å²) >= 11 is 0. The first-order valence-corrected chi connectivity index (χ1v) is 12.9. The summed E-state index contributed by atoms with van der Waals surface area (Å²) in [7, 11) is 5.18. The van der Waals surface area contributed by atoms with Crippen LogP contribution < -0.4 is 14.4 Å². The molecule has 8 nitrogen and oxygen atoms in total. The third-order valence-corrected chi connectivity index (χ3v) is 6.98. The van der Waals surface area contributed by atoms with Crippen molar-refractivity contribution in [3.05, 3.63) is 65.4 Å². The summed E-state index contributed by atoms with van der Waals surface area (Å²) in [4.78, 5) is 27.0. The number of carbonyl (C=O) groups excluding carboxylic acids is 1. The lowest BCUT2D eigenvalue weighted by Gasteiger charge is -2.35. The molecule has 0 N–H and O–H groups in total. The van der Waals surface area contributed by atoms with Crippen LogP contribution in [0, 0.1) is 23.2 Å². The van der Waals surface area contributed by atoms with Gasteiger partial charge in [0.05, 0.1) is 37.1 Å². The predicted octanol–water partition coefficient (Wildman–Crippen LogP) is 4.83. The minimum absolute atomic E-state index is 0.0534. The average molecular weight is 514 g/mol. The maximum Gasteiger partial charge on any atom is 0.257 e. The fourth-order valence-electron chi connectivity index (χ4n) is 5.07. The van der Waals surface area contributed by atoms with Crippen LogP contribution in [0.1, 0.15) is 41.8 Å². The molecule has 0 aliphatic carbocycles. The van der Waals surface area contributed by atoms with Crippen LogP contribution >= 0.6 is 0 Å². The molecular weight excluding hydrogens is 478 g/mol. The van der Waals surface area contributed by atoms with E-state index in [4.69, 9.17) is 14.5 Å². The molecule has 1 aliphatic rings. The molecule has 1 saturated heterocycles. The summed E-state index contributed by atoms with van der Waals surface area (Å²) in [6.45, 7) is 6.48. The fourth-order valence-corrected chi connectivity index (χ4v) is 5.07. The summed E-state index contributed by atoms with van der Waals surface area (Å²) in [5.74, 6) is 2.76. The number of nitriles is 1. The summed E-state index contributed by atoms with van der Waals surface area (Å²) in [5, 5.41) is 9.24. The Bertz CT molecular complexity index is 1310. The predicted molar refractivity (Wildman–Crippen MR) is 148 cm³/mol. The van der Waals surface area contributed by atoms with Crippen LogP contribution in [0.25, 0.3) is 11.3 Å². The molecule has 2 heterocycles. The number of anilines is 1. The average Bonchev–Trinajstić information content (AvgIpc) is 2.94. The van der Waals surface area contributed by atoms with Crippen LogP contribution in [0.3, 0.4) is 0 Å². The van der Waals surface area contributed by atoms with Gasteiger partial charge in [-0.2, -0.15) is 5.26 Å². The second-order valence-electron chi connectivity index (χ2n) is 10.1. The number of likely N-dealkylation sites (tertiary alicyclic amines) is 1. The Hall–Kier alpha value is -4.12. The van der Waals surface area contributed by atoms with Gasteiger partial charge in [0.25, 0.3) is 5.91 Å². The van der Waals surface area contributed by atoms with Gasteiger partial charge in [-0.3, -0.25) is 4.79 Å². The third kappa shape index (κ3) is 6.05. The Labute approximate surface area is 224 Å². The third-order valence-electron chi connectivity index (χ3n) is 6.98. The molecule has 1 aliphatic heterocycles. The van der Waals surface area contributed by atoms with Crippen molar-refractivity contribution in [1.82, 2.24) is 14.9 Å². The molecule has 2 aromatic carbocycles. The first-order chi connectivity index (χ1) is 18.3. The number of amides is 1. The molecule has 3 aromatic rings. The standard InChI is InChI=1S/C30H35N5O3/c1-20-14-21(2)19-35(18-20)29(36)25-17-32-30(33-28(25)24-9-6-23(16-31)7-10-24)34(3)13-12-22-8-11-26(37-4)27(15-22)38-5/h6-11,15,17,20-21H,12-14,18-19H2,1-5H3. The number of piperidine rings is 1. The fraction of sp³-hybridized carbons (Fsp3) is 0.400. The van der Waals surface area contributed by atoms with Gasteiger partial charge in [-0.15, -0.1) is 0 Å². The molecule has 0 saturated carbocycles. The SMILES string of the molecule is COc1ccc(CCN(C)c2ncc(C(=O)N3CC(C)CC(C)C3)c(-c3ccc(C#N)cc3)n2)cc1OC. The van der Waals surface area contributed by atoms with Crippen LogP contribution in [0.4, 0.5) is 5.95 Å². The van der Waals surface area contributed by atoms with Crippen LogP contribution in [-0.4, -0.2) is 61.7 Å². The van der Waals surface area contributed by atoms with Gasteiger partial charge in [-0.1, -0.05) is 32.0 Å². The number of methoxy groups -OCH3 is 2. The second-order valence-corrected chi connectivity index (χ2v) is 10.1. The van der Waals surface area contributed by atoms with Gasteiger partial charge in [0.1, 0.15) is 0 Å². The second kappa shape index (κ2) is 12.0. The van der Waals surface area contributed by atoms with Crippen molar-refractivity contribution in [1.29, 1.82) is 5.26 Å². The molecule has 0 bridgehead atoms. The summed E-state index contributed by atoms with van der Waals surface area (Å²) in [6.07, 6.45) is 3.51. The van der Waals surface area contributed by atoms with Crippen molar-refractivity contribution in [3.63, 3.8) is 0 Å². The van der Waals surface area contributed by atoms with Crippen molar-refractivity contribution in [2.75, 3.05) is 45.8 Å². The van der Waals surface area contributed by atoms with Crippen LogP contribution in [0.2, 0.25) is 0 Å². The highest BCUT2D eigenvalue weighted by atomic mass is 16.5. The number of aromatic nitrogens is 2. The number of hydrogen-bond donors (Lipinski definition) is 0. The lowest BCUT2D eigenvalue weighted by Crippen LogP contribution is -2.42. The van der Waals surface area contributed by atoms with Crippen molar-refractivity contribution in [2.45, 2.75) is 26.7 Å². The van der Waals surface area contributed by atoms with E-state index >= 15 is 0 Å². The lowest BCUT2D eigenvalue weighted by atomic mass is 9.91. The van der Waals surface area contributed by atoms with Gasteiger partial charge in [-0.05, 0) is 54.5 Å². The number of hydrogen-bond acceptors (Lipinski definition) is 7. The zero-order valence-corrected chi connectivity index (χ0v) is 22.8. The number of carbonyl (C=O) groups is 1. The van der Waals surface area contributed by atoms with Gasteiger partial charge >= 0.3 is 0 Å². The van der Waals surface area contributed by atoms with Crippen molar-refractivity contribution < 1.29 is 14.3 Å². The number of benzene rings is 2. The first-order valence-electron chi connectivity index (χ1n) is 12.9. The topological polar surface area (TPSA) is 91.6 Å². The summed E-state index contributed by atoms with van der Waals surface area (Å²) in [5.41, 5.74) is 3.49. The minimum Gasteiger partial charge on any atom is -0.493 e. The number of likely N-dealkylation sites (N-methyl/N-ethyl adjacent to an activating group) is 1. The quantitative estimate of drug-likeness (QED) is 0.426. The van der Waals surface area contributed by atoms with Gasteiger partial charge in [0.15, 0.2) is 11.5 Å². The molecule has 38 heavy (non-hydrogen) atoms. The molecule has 0 spiro atoms. The zero-order valence-electron chi connectivity index (χ0n) is 22.8. The maximum atomic E-state index is 13.7. The van der Waals surface area contributed by atoms with Crippen LogP contribution in [-0.2, 0) is 6.42 Å². The molecule has 198 valence electrons. The Morgan fingerprint density at radius 3 is 2.39 bits per heavy atom. The summed E-state index contributed by atoms with van der Waals surface area (Å²) in [6, 6.07) is 15.2. The molecule has 1 fully saturated rings. The van der Waals surface area contributed by atoms with Gasteiger partial charge in [-0.25, -0.2) is 9.97 Å². The molecule has 0 radical (unpaired) electrons. The monoisotopic (exact) mass is 513 g/mol. The van der Waals surface area contributed by atoms with Crippen molar-refractivity contribution in [3.8, 4) is 28.8 Å². The highest BCUT2D eigenvalue weighted by molar-refractivity contribution is 6.00. The Morgan fingerprint density at radius 2 is 1.76 bits per heavy atom. The first kappa shape index (κ1) is 26.9. The number of nitrogens with zero attached hydrogens (tertiary/aromatic N) is 5. The highest BCUT2D eigenvalue weighted by Gasteiger charge is 2.29. The largest absolute Gasteiger partial charge is 0.493 e. The highest BCUT2D eigenvalue weighted by Crippen LogP contribution is 2.29. The molecule has 1 amide bonds. The Balaban J connectivity index is 1.61. The normalized spacial score (nSPS) is 17.0. The van der Waals surface area contributed by atoms with E-state index in [1.807, 2.05) is 47.2 Å². The van der Waals surface area contributed by atoms with E-state index < -0.39 is 0 Å². The van der Waals surface area contributed by atoms with E-state index in [9.17, 15) is 10.1 Å². The van der Waals surface area contributed by atoms with E-state index in [0.717, 1.165) is 37.1 Å². The molecular formula is C30H35N5O3. The molecule has 8 heteroatoms. The molecule has 4 rings (SSSR count). The lowest BCUT2D eigenvalue weighted by molar-refractivity contribution is 0.0623. The van der Waals surface area contributed by atoms with Gasteiger partial charge < -0.3 is 19.3 Å². The Morgan fingerprint density at radius 1 is 1.08 bits per heavy atom. The van der Waals surface area contributed by atoms with Gasteiger partial charge in [0, 0.05) is 38.4 Å². The Kier molecular flexibility index (Phi) is 8.47.